The lowest BCUT2D eigenvalue weighted by Crippen LogP contribution is -2.23. The molecular formula is C24H23N5O3. The molecule has 2 aromatic heterocycles. The summed E-state index contributed by atoms with van der Waals surface area (Å²) in [5, 5.41) is 10.7. The van der Waals surface area contributed by atoms with E-state index in [4.69, 9.17) is 4.98 Å². The number of ether oxygens (including phenoxy) is 1. The van der Waals surface area contributed by atoms with Gasteiger partial charge in [0.2, 0.25) is 0 Å². The molecule has 162 valence electrons. The summed E-state index contributed by atoms with van der Waals surface area (Å²) in [6.07, 6.45) is 1.15. The summed E-state index contributed by atoms with van der Waals surface area (Å²) in [7, 11) is 1.31. The summed E-state index contributed by atoms with van der Waals surface area (Å²) in [5.74, 6) is -0.206. The molecule has 4 rings (SSSR count). The van der Waals surface area contributed by atoms with Gasteiger partial charge in [0.25, 0.3) is 5.91 Å². The lowest BCUT2D eigenvalue weighted by molar-refractivity contribution is 0.0952. The first-order valence-corrected chi connectivity index (χ1v) is 10.2. The van der Waals surface area contributed by atoms with Crippen LogP contribution in [0.3, 0.4) is 0 Å². The summed E-state index contributed by atoms with van der Waals surface area (Å²) in [6, 6.07) is 18.7. The molecule has 8 heteroatoms. The van der Waals surface area contributed by atoms with Crippen LogP contribution in [-0.2, 0) is 17.8 Å². The molecule has 2 heterocycles. The first kappa shape index (κ1) is 21.0. The van der Waals surface area contributed by atoms with E-state index in [1.807, 2.05) is 49.4 Å². The second-order valence-corrected chi connectivity index (χ2v) is 7.11. The van der Waals surface area contributed by atoms with Gasteiger partial charge in [-0.25, -0.2) is 14.5 Å². The second-order valence-electron chi connectivity index (χ2n) is 7.11. The summed E-state index contributed by atoms with van der Waals surface area (Å²) >= 11 is 0. The number of rotatable bonds is 6. The van der Waals surface area contributed by atoms with Crippen LogP contribution in [0, 0.1) is 0 Å². The van der Waals surface area contributed by atoms with Crippen molar-refractivity contribution in [3.05, 3.63) is 78.0 Å². The van der Waals surface area contributed by atoms with Crippen molar-refractivity contribution in [1.29, 1.82) is 0 Å². The van der Waals surface area contributed by atoms with E-state index >= 15 is 0 Å². The zero-order valence-electron chi connectivity index (χ0n) is 17.8. The number of fused-ring (bicyclic) bond motifs is 1. The van der Waals surface area contributed by atoms with Crippen LogP contribution >= 0.6 is 0 Å². The van der Waals surface area contributed by atoms with Crippen LogP contribution < -0.4 is 10.6 Å². The Bertz CT molecular complexity index is 1250. The standard InChI is InChI=1S/C24H23N5O3/c1-3-29-22-20(15-26-29)19(13-21(28-22)17-7-5-4-6-8-17)23(30)25-14-16-9-11-18(12-10-16)27-24(31)32-2/h4-13,15H,3,14H2,1-2H3,(H,25,30)(H,27,31). The molecule has 0 saturated heterocycles. The number of aryl methyl sites for hydroxylation is 1. The molecule has 0 aliphatic carbocycles. The Morgan fingerprint density at radius 1 is 1.06 bits per heavy atom. The number of amides is 2. The van der Waals surface area contributed by atoms with Crippen LogP contribution in [0.25, 0.3) is 22.3 Å². The molecule has 0 unspecified atom stereocenters. The molecule has 0 bridgehead atoms. The van der Waals surface area contributed by atoms with Crippen molar-refractivity contribution >= 4 is 28.7 Å². The van der Waals surface area contributed by atoms with Crippen LogP contribution in [0.2, 0.25) is 0 Å². The third kappa shape index (κ3) is 4.44. The van der Waals surface area contributed by atoms with Crippen molar-refractivity contribution in [1.82, 2.24) is 20.1 Å². The van der Waals surface area contributed by atoms with Crippen molar-refractivity contribution in [3.63, 3.8) is 0 Å². The van der Waals surface area contributed by atoms with Gasteiger partial charge in [0.1, 0.15) is 0 Å². The predicted molar refractivity (Wildman–Crippen MR) is 122 cm³/mol. The van der Waals surface area contributed by atoms with Gasteiger partial charge in [-0.05, 0) is 30.7 Å². The molecule has 0 fully saturated rings. The third-order valence-electron chi connectivity index (χ3n) is 5.06. The maximum Gasteiger partial charge on any atom is 0.411 e. The normalized spacial score (nSPS) is 10.7. The molecule has 2 amide bonds. The fraction of sp³-hybridized carbons (Fsp3) is 0.167. The Morgan fingerprint density at radius 2 is 1.81 bits per heavy atom. The summed E-state index contributed by atoms with van der Waals surface area (Å²) in [5.41, 5.74) is 4.36. The number of hydrogen-bond acceptors (Lipinski definition) is 5. The fourth-order valence-electron chi connectivity index (χ4n) is 3.38. The highest BCUT2D eigenvalue weighted by atomic mass is 16.5. The minimum absolute atomic E-state index is 0.206. The molecule has 8 nitrogen and oxygen atoms in total. The Hall–Kier alpha value is -4.20. The zero-order chi connectivity index (χ0) is 22.5. The van der Waals surface area contributed by atoms with Crippen LogP contribution in [0.1, 0.15) is 22.8 Å². The molecule has 2 N–H and O–H groups in total. The number of nitrogens with one attached hydrogen (secondary N) is 2. The van der Waals surface area contributed by atoms with Gasteiger partial charge >= 0.3 is 6.09 Å². The molecule has 0 spiro atoms. The SMILES string of the molecule is CCn1ncc2c(C(=O)NCc3ccc(NC(=O)OC)cc3)cc(-c3ccccc3)nc21. The van der Waals surface area contributed by atoms with Crippen molar-refractivity contribution in [2.24, 2.45) is 0 Å². The number of aromatic nitrogens is 3. The van der Waals surface area contributed by atoms with Gasteiger partial charge in [-0.1, -0.05) is 42.5 Å². The quantitative estimate of drug-likeness (QED) is 0.478. The number of methoxy groups -OCH3 is 1. The number of anilines is 1. The molecule has 0 saturated carbocycles. The molecule has 2 aromatic carbocycles. The Morgan fingerprint density at radius 3 is 2.50 bits per heavy atom. The molecule has 0 atom stereocenters. The van der Waals surface area contributed by atoms with E-state index in [1.54, 1.807) is 29.1 Å². The topological polar surface area (TPSA) is 98.1 Å². The molecule has 0 aliphatic rings. The molecule has 0 radical (unpaired) electrons. The number of carbonyl (C=O) groups excluding carboxylic acids is 2. The fourth-order valence-corrected chi connectivity index (χ4v) is 3.38. The van der Waals surface area contributed by atoms with Gasteiger partial charge in [-0.3, -0.25) is 10.1 Å². The number of hydrogen-bond donors (Lipinski definition) is 2. The lowest BCUT2D eigenvalue weighted by atomic mass is 10.1. The minimum Gasteiger partial charge on any atom is -0.453 e. The van der Waals surface area contributed by atoms with E-state index in [2.05, 4.69) is 20.5 Å². The third-order valence-corrected chi connectivity index (χ3v) is 5.06. The van der Waals surface area contributed by atoms with E-state index in [-0.39, 0.29) is 5.91 Å². The van der Waals surface area contributed by atoms with Crippen LogP contribution in [0.4, 0.5) is 10.5 Å². The first-order valence-electron chi connectivity index (χ1n) is 10.2. The average molecular weight is 429 g/mol. The first-order chi connectivity index (χ1) is 15.6. The number of nitrogens with zero attached hydrogens (tertiary/aromatic N) is 3. The highest BCUT2D eigenvalue weighted by Gasteiger charge is 2.17. The van der Waals surface area contributed by atoms with Gasteiger partial charge in [-0.2, -0.15) is 5.10 Å². The summed E-state index contributed by atoms with van der Waals surface area (Å²) in [6.45, 7) is 2.98. The van der Waals surface area contributed by atoms with E-state index < -0.39 is 6.09 Å². The minimum atomic E-state index is -0.533. The van der Waals surface area contributed by atoms with E-state index in [9.17, 15) is 9.59 Å². The highest BCUT2D eigenvalue weighted by Crippen LogP contribution is 2.25. The van der Waals surface area contributed by atoms with Gasteiger partial charge in [-0.15, -0.1) is 0 Å². The maximum absolute atomic E-state index is 13.1. The van der Waals surface area contributed by atoms with Crippen molar-refractivity contribution in [2.45, 2.75) is 20.0 Å². The predicted octanol–water partition coefficient (Wildman–Crippen LogP) is 4.23. The number of carbonyl (C=O) groups is 2. The largest absolute Gasteiger partial charge is 0.453 e. The smallest absolute Gasteiger partial charge is 0.411 e. The van der Waals surface area contributed by atoms with E-state index in [0.29, 0.717) is 35.4 Å². The molecule has 4 aromatic rings. The van der Waals surface area contributed by atoms with E-state index in [1.165, 1.54) is 7.11 Å². The van der Waals surface area contributed by atoms with Crippen molar-refractivity contribution in [3.8, 4) is 11.3 Å². The maximum atomic E-state index is 13.1. The van der Waals surface area contributed by atoms with Crippen molar-refractivity contribution in [2.75, 3.05) is 12.4 Å². The Labute approximate surface area is 185 Å². The lowest BCUT2D eigenvalue weighted by Gasteiger charge is -2.10. The van der Waals surface area contributed by atoms with Gasteiger partial charge in [0, 0.05) is 24.3 Å². The number of benzene rings is 2. The number of pyridine rings is 1. The van der Waals surface area contributed by atoms with Crippen LogP contribution in [0.15, 0.2) is 66.9 Å². The van der Waals surface area contributed by atoms with Crippen molar-refractivity contribution < 1.29 is 14.3 Å². The zero-order valence-corrected chi connectivity index (χ0v) is 17.8. The monoisotopic (exact) mass is 429 g/mol. The Balaban J connectivity index is 1.58. The average Bonchev–Trinajstić information content (AvgIpc) is 3.26. The van der Waals surface area contributed by atoms with E-state index in [0.717, 1.165) is 16.8 Å². The van der Waals surface area contributed by atoms with Crippen LogP contribution in [0.5, 0.6) is 0 Å². The highest BCUT2D eigenvalue weighted by molar-refractivity contribution is 6.06. The Kier molecular flexibility index (Phi) is 6.12. The van der Waals surface area contributed by atoms with Gasteiger partial charge < -0.3 is 10.1 Å². The summed E-state index contributed by atoms with van der Waals surface area (Å²) < 4.78 is 6.36. The molecule has 32 heavy (non-hydrogen) atoms. The van der Waals surface area contributed by atoms with Gasteiger partial charge in [0.05, 0.1) is 30.0 Å². The molecule has 0 aliphatic heterocycles. The van der Waals surface area contributed by atoms with Crippen LogP contribution in [-0.4, -0.2) is 33.9 Å². The van der Waals surface area contributed by atoms with Gasteiger partial charge in [0.15, 0.2) is 5.65 Å². The second kappa shape index (κ2) is 9.30. The molecular weight excluding hydrogens is 406 g/mol. The summed E-state index contributed by atoms with van der Waals surface area (Å²) in [4.78, 5) is 29.2.